The lowest BCUT2D eigenvalue weighted by Crippen LogP contribution is -2.38. The van der Waals surface area contributed by atoms with Crippen LogP contribution in [0.2, 0.25) is 0 Å². The smallest absolute Gasteiger partial charge is 0.271 e. The van der Waals surface area contributed by atoms with E-state index >= 15 is 0 Å². The number of methoxy groups -OCH3 is 1. The molecule has 1 atom stereocenters. The fourth-order valence-corrected chi connectivity index (χ4v) is 6.58. The van der Waals surface area contributed by atoms with Gasteiger partial charge in [-0.3, -0.25) is 9.36 Å². The predicted octanol–water partition coefficient (Wildman–Crippen LogP) is 4.78. The van der Waals surface area contributed by atoms with Crippen molar-refractivity contribution in [3.63, 3.8) is 0 Å². The summed E-state index contributed by atoms with van der Waals surface area (Å²) in [4.78, 5) is 19.4. The van der Waals surface area contributed by atoms with Crippen molar-refractivity contribution in [1.82, 2.24) is 4.57 Å². The maximum Gasteiger partial charge on any atom is 0.271 e. The van der Waals surface area contributed by atoms with E-state index < -0.39 is 0 Å². The van der Waals surface area contributed by atoms with Crippen LogP contribution in [0, 0.1) is 9.39 Å². The number of halogens is 2. The summed E-state index contributed by atoms with van der Waals surface area (Å²) < 4.78 is 22.0. The van der Waals surface area contributed by atoms with Gasteiger partial charge in [0.25, 0.3) is 5.56 Å². The van der Waals surface area contributed by atoms with Gasteiger partial charge >= 0.3 is 0 Å². The monoisotopic (exact) mass is 610 g/mol. The van der Waals surface area contributed by atoms with Gasteiger partial charge in [-0.15, -0.1) is 0 Å². The van der Waals surface area contributed by atoms with Crippen LogP contribution in [0.15, 0.2) is 76.0 Å². The Kier molecular flexibility index (Phi) is 5.80. The van der Waals surface area contributed by atoms with E-state index in [1.165, 1.54) is 36.1 Å². The number of hydrogen-bond acceptors (Lipinski definition) is 5. The molecule has 1 unspecified atom stereocenters. The van der Waals surface area contributed by atoms with Crippen molar-refractivity contribution < 1.29 is 14.2 Å². The molecule has 6 rings (SSSR count). The first-order valence-electron chi connectivity index (χ1n) is 11.4. The molecule has 0 amide bonds. The zero-order valence-electron chi connectivity index (χ0n) is 19.2. The van der Waals surface area contributed by atoms with Crippen molar-refractivity contribution in [2.24, 2.45) is 4.99 Å². The molecule has 0 fully saturated rings. The lowest BCUT2D eigenvalue weighted by molar-refractivity contribution is 0.371. The number of nitrogens with zero attached hydrogens (tertiary/aromatic N) is 2. The molecule has 0 radical (unpaired) electrons. The van der Waals surface area contributed by atoms with Crippen LogP contribution in [0.1, 0.15) is 34.7 Å². The van der Waals surface area contributed by atoms with Crippen molar-refractivity contribution in [1.29, 1.82) is 0 Å². The van der Waals surface area contributed by atoms with Crippen molar-refractivity contribution in [2.75, 3.05) is 7.11 Å². The number of phenolic OH excluding ortho intramolecular Hbond substituents is 1. The average Bonchev–Trinajstić information content (AvgIpc) is 3.19. The van der Waals surface area contributed by atoms with Crippen LogP contribution in [0.25, 0.3) is 11.8 Å². The van der Waals surface area contributed by atoms with E-state index in [1.807, 2.05) is 34.7 Å². The molecule has 8 heteroatoms. The third kappa shape index (κ3) is 3.79. The minimum Gasteiger partial charge on any atom is -0.504 e. The summed E-state index contributed by atoms with van der Waals surface area (Å²) in [6.07, 6.45) is 3.43. The van der Waals surface area contributed by atoms with Crippen molar-refractivity contribution in [3.05, 3.63) is 118 Å². The van der Waals surface area contributed by atoms with Gasteiger partial charge in [0.15, 0.2) is 16.3 Å². The minimum atomic E-state index is -0.359. The third-order valence-corrected chi connectivity index (χ3v) is 8.43. The fraction of sp³-hybridized carbons (Fsp3) is 0.143. The van der Waals surface area contributed by atoms with Gasteiger partial charge in [-0.25, -0.2) is 9.38 Å². The first-order valence-corrected chi connectivity index (χ1v) is 13.3. The Morgan fingerprint density at radius 3 is 2.72 bits per heavy atom. The van der Waals surface area contributed by atoms with Gasteiger partial charge in [0.1, 0.15) is 5.82 Å². The number of aromatic nitrogens is 1. The topological polar surface area (TPSA) is 63.8 Å². The molecular formula is C28H20FIN2O3S. The number of aryl methyl sites for hydroxylation is 1. The second-order valence-corrected chi connectivity index (χ2v) is 10.9. The molecule has 2 heterocycles. The second-order valence-electron chi connectivity index (χ2n) is 8.72. The average molecular weight is 610 g/mol. The number of fused-ring (bicyclic) bond motifs is 3. The zero-order chi connectivity index (χ0) is 25.0. The highest BCUT2D eigenvalue weighted by Gasteiger charge is 2.32. The maximum atomic E-state index is 13.8. The summed E-state index contributed by atoms with van der Waals surface area (Å²) in [5, 5.41) is 10.2. The molecule has 1 aliphatic heterocycles. The van der Waals surface area contributed by atoms with Gasteiger partial charge in [-0.1, -0.05) is 47.7 Å². The number of rotatable bonds is 3. The molecule has 0 saturated carbocycles. The van der Waals surface area contributed by atoms with E-state index in [2.05, 4.69) is 12.1 Å². The van der Waals surface area contributed by atoms with E-state index in [4.69, 9.17) is 9.73 Å². The number of benzene rings is 3. The molecule has 4 aromatic rings. The normalized spacial score (nSPS) is 16.8. The molecule has 2 aliphatic rings. The largest absolute Gasteiger partial charge is 0.504 e. The van der Waals surface area contributed by atoms with Crippen LogP contribution in [0.3, 0.4) is 0 Å². The summed E-state index contributed by atoms with van der Waals surface area (Å²) in [5.41, 5.74) is 5.74. The molecule has 3 aromatic carbocycles. The zero-order valence-corrected chi connectivity index (χ0v) is 22.1. The van der Waals surface area contributed by atoms with Crippen LogP contribution in [-0.4, -0.2) is 16.8 Å². The van der Waals surface area contributed by atoms with Gasteiger partial charge < -0.3 is 9.84 Å². The Hall–Kier alpha value is -3.24. The SMILES string of the molecule is COc1cc(C=c2sc3n(c2=O)C(c2ccc(F)cc2)C2=C(N=3)c3ccccc3CC2)cc(I)c1O. The number of ether oxygens (including phenoxy) is 1. The third-order valence-electron chi connectivity index (χ3n) is 6.63. The van der Waals surface area contributed by atoms with Crippen molar-refractivity contribution in [2.45, 2.75) is 18.9 Å². The highest BCUT2D eigenvalue weighted by atomic mass is 127. The Labute approximate surface area is 223 Å². The first kappa shape index (κ1) is 23.2. The number of phenols is 1. The van der Waals surface area contributed by atoms with E-state index in [0.717, 1.165) is 40.8 Å². The van der Waals surface area contributed by atoms with Crippen LogP contribution in [0.5, 0.6) is 11.5 Å². The van der Waals surface area contributed by atoms with Crippen LogP contribution >= 0.6 is 33.9 Å². The predicted molar refractivity (Wildman–Crippen MR) is 147 cm³/mol. The van der Waals surface area contributed by atoms with Crippen LogP contribution in [-0.2, 0) is 6.42 Å². The molecule has 0 bridgehead atoms. The van der Waals surface area contributed by atoms with Gasteiger partial charge in [0, 0.05) is 5.56 Å². The van der Waals surface area contributed by atoms with Gasteiger partial charge in [0.05, 0.1) is 27.0 Å². The molecular weight excluding hydrogens is 590 g/mol. The number of thiazole rings is 1. The van der Waals surface area contributed by atoms with Crippen LogP contribution < -0.4 is 19.6 Å². The van der Waals surface area contributed by atoms with Crippen molar-refractivity contribution in [3.8, 4) is 11.5 Å². The molecule has 1 aliphatic carbocycles. The molecule has 36 heavy (non-hydrogen) atoms. The van der Waals surface area contributed by atoms with Crippen molar-refractivity contribution >= 4 is 45.7 Å². The van der Waals surface area contributed by atoms with E-state index in [1.54, 1.807) is 34.9 Å². The standard InChI is InChI=1S/C28H20FIN2O3S/c1-35-22-13-15(12-21(30)26(22)33)14-23-27(34)32-25(17-6-9-18(29)10-7-17)20-11-8-16-4-2-3-5-19(16)24(20)31-28(32)36-23/h2-7,9-10,12-14,25,33H,8,11H2,1H3. The first-order chi connectivity index (χ1) is 17.4. The van der Waals surface area contributed by atoms with Crippen LogP contribution in [0.4, 0.5) is 4.39 Å². The maximum absolute atomic E-state index is 13.8. The lowest BCUT2D eigenvalue weighted by Gasteiger charge is -2.30. The van der Waals surface area contributed by atoms with Gasteiger partial charge in [0.2, 0.25) is 0 Å². The minimum absolute atomic E-state index is 0.0689. The Balaban J connectivity index is 1.61. The quantitative estimate of drug-likeness (QED) is 0.340. The summed E-state index contributed by atoms with van der Waals surface area (Å²) in [7, 11) is 1.49. The fourth-order valence-electron chi connectivity index (χ4n) is 4.95. The Morgan fingerprint density at radius 1 is 1.17 bits per heavy atom. The summed E-state index contributed by atoms with van der Waals surface area (Å²) in [6, 6.07) is 17.8. The Bertz CT molecular complexity index is 1740. The molecule has 1 aromatic heterocycles. The van der Waals surface area contributed by atoms with Gasteiger partial charge in [-0.2, -0.15) is 0 Å². The van der Waals surface area contributed by atoms with E-state index in [-0.39, 0.29) is 23.2 Å². The molecule has 180 valence electrons. The Morgan fingerprint density at radius 2 is 1.94 bits per heavy atom. The molecule has 0 saturated heterocycles. The number of allylic oxidation sites excluding steroid dienone is 1. The summed E-state index contributed by atoms with van der Waals surface area (Å²) in [6.45, 7) is 0. The van der Waals surface area contributed by atoms with E-state index in [0.29, 0.717) is 18.7 Å². The summed E-state index contributed by atoms with van der Waals surface area (Å²) >= 11 is 3.36. The van der Waals surface area contributed by atoms with E-state index in [9.17, 15) is 14.3 Å². The second kappa shape index (κ2) is 9.01. The molecule has 0 spiro atoms. The molecule has 5 nitrogen and oxygen atoms in total. The summed E-state index contributed by atoms with van der Waals surface area (Å²) in [5.74, 6) is 0.0989. The molecule has 1 N–H and O–H groups in total. The lowest BCUT2D eigenvalue weighted by atomic mass is 9.83. The van der Waals surface area contributed by atoms with Gasteiger partial charge in [-0.05, 0) is 88.0 Å². The highest BCUT2D eigenvalue weighted by molar-refractivity contribution is 14.1. The number of aromatic hydroxyl groups is 1. The highest BCUT2D eigenvalue weighted by Crippen LogP contribution is 2.41. The number of hydrogen-bond donors (Lipinski definition) is 1.